The van der Waals surface area contributed by atoms with Gasteiger partial charge in [0.05, 0.1) is 19.4 Å². The van der Waals surface area contributed by atoms with Crippen LogP contribution in [0.1, 0.15) is 25.8 Å². The van der Waals surface area contributed by atoms with E-state index in [1.807, 2.05) is 73.3 Å². The predicted molar refractivity (Wildman–Crippen MR) is 127 cm³/mol. The van der Waals surface area contributed by atoms with Crippen LogP contribution in [-0.2, 0) is 16.0 Å². The van der Waals surface area contributed by atoms with Crippen molar-refractivity contribution >= 4 is 22.8 Å². The number of carbonyl (C=O) groups excluding carboxylic acids is 2. The quantitative estimate of drug-likeness (QED) is 0.551. The monoisotopic (exact) mass is 449 g/mol. The molecule has 3 atom stereocenters. The molecule has 1 saturated heterocycles. The molecule has 0 unspecified atom stereocenters. The second-order valence-corrected chi connectivity index (χ2v) is 8.89. The van der Waals surface area contributed by atoms with Crippen LogP contribution in [0.15, 0.2) is 65.3 Å². The Kier molecular flexibility index (Phi) is 6.99. The van der Waals surface area contributed by atoms with Gasteiger partial charge >= 0.3 is 0 Å². The molecule has 2 aromatic carbocycles. The van der Waals surface area contributed by atoms with E-state index in [-0.39, 0.29) is 36.4 Å². The molecule has 1 aromatic heterocycles. The Morgan fingerprint density at radius 3 is 2.61 bits per heavy atom. The maximum atomic E-state index is 13.6. The summed E-state index contributed by atoms with van der Waals surface area (Å²) in [5.74, 6) is 0.262. The lowest BCUT2D eigenvalue weighted by Crippen LogP contribution is -2.54. The van der Waals surface area contributed by atoms with Gasteiger partial charge in [-0.3, -0.25) is 9.59 Å². The summed E-state index contributed by atoms with van der Waals surface area (Å²) in [6.07, 6.45) is 2.97. The molecule has 4 rings (SSSR count). The van der Waals surface area contributed by atoms with Crippen molar-refractivity contribution in [1.29, 1.82) is 0 Å². The van der Waals surface area contributed by atoms with Crippen molar-refractivity contribution in [2.75, 3.05) is 13.1 Å². The van der Waals surface area contributed by atoms with Crippen LogP contribution < -0.4 is 15.8 Å². The maximum absolute atomic E-state index is 13.6. The van der Waals surface area contributed by atoms with Gasteiger partial charge in [-0.1, -0.05) is 50.2 Å². The molecule has 1 aliphatic heterocycles. The van der Waals surface area contributed by atoms with Crippen LogP contribution in [0.4, 0.5) is 0 Å². The normalized spacial score (nSPS) is 19.1. The predicted octanol–water partition coefficient (Wildman–Crippen LogP) is 3.12. The molecule has 2 amide bonds. The first kappa shape index (κ1) is 22.9. The number of hydrogen-bond acceptors (Lipinski definition) is 5. The van der Waals surface area contributed by atoms with Crippen LogP contribution >= 0.6 is 0 Å². The fourth-order valence-electron chi connectivity index (χ4n) is 4.48. The average Bonchev–Trinajstić information content (AvgIpc) is 3.41. The zero-order valence-electron chi connectivity index (χ0n) is 19.1. The highest BCUT2D eigenvalue weighted by molar-refractivity contribution is 5.89. The molecule has 174 valence electrons. The van der Waals surface area contributed by atoms with E-state index in [9.17, 15) is 9.59 Å². The van der Waals surface area contributed by atoms with Gasteiger partial charge in [0.25, 0.3) is 0 Å². The average molecular weight is 450 g/mol. The number of para-hydroxylation sites is 2. The van der Waals surface area contributed by atoms with Gasteiger partial charge in [0, 0.05) is 23.4 Å². The van der Waals surface area contributed by atoms with E-state index < -0.39 is 6.04 Å². The number of hydrogen-bond donors (Lipinski definition) is 2. The van der Waals surface area contributed by atoms with Crippen molar-refractivity contribution in [3.63, 3.8) is 0 Å². The minimum Gasteiger partial charge on any atom is -0.489 e. The summed E-state index contributed by atoms with van der Waals surface area (Å²) in [5, 5.41) is 3.85. The summed E-state index contributed by atoms with van der Waals surface area (Å²) in [6, 6.07) is 16.8. The first-order chi connectivity index (χ1) is 16.0. The van der Waals surface area contributed by atoms with Gasteiger partial charge in [0.1, 0.15) is 23.5 Å². The molecule has 2 heterocycles. The third-order valence-corrected chi connectivity index (χ3v) is 6.16. The van der Waals surface area contributed by atoms with Crippen LogP contribution in [0.5, 0.6) is 5.75 Å². The van der Waals surface area contributed by atoms with Crippen molar-refractivity contribution in [3.8, 4) is 5.75 Å². The van der Waals surface area contributed by atoms with Crippen LogP contribution in [0, 0.1) is 5.92 Å². The molecule has 7 nitrogen and oxygen atoms in total. The molecule has 7 heteroatoms. The van der Waals surface area contributed by atoms with E-state index in [1.54, 1.807) is 6.26 Å². The number of benzene rings is 2. The Labute approximate surface area is 193 Å². The number of nitrogens with two attached hydrogens (primary N) is 1. The summed E-state index contributed by atoms with van der Waals surface area (Å²) < 4.78 is 11.9. The van der Waals surface area contributed by atoms with Gasteiger partial charge in [-0.15, -0.1) is 0 Å². The van der Waals surface area contributed by atoms with Gasteiger partial charge in [-0.05, 0) is 30.5 Å². The molecule has 3 N–H and O–H groups in total. The smallest absolute Gasteiger partial charge is 0.245 e. The number of nitrogens with zero attached hydrogens (tertiary/aromatic N) is 1. The third-order valence-electron chi connectivity index (χ3n) is 6.16. The fraction of sp³-hybridized carbons (Fsp3) is 0.385. The van der Waals surface area contributed by atoms with E-state index in [4.69, 9.17) is 14.9 Å². The van der Waals surface area contributed by atoms with Gasteiger partial charge in [0.2, 0.25) is 11.8 Å². The lowest BCUT2D eigenvalue weighted by atomic mass is 9.99. The van der Waals surface area contributed by atoms with Crippen LogP contribution in [0.2, 0.25) is 0 Å². The number of nitrogens with one attached hydrogen (secondary N) is 1. The summed E-state index contributed by atoms with van der Waals surface area (Å²) in [5.41, 5.74) is 7.37. The number of amides is 2. The highest BCUT2D eigenvalue weighted by Gasteiger charge is 2.40. The standard InChI is InChI=1S/C26H31N3O4/c1-17(2)25(28-24(30)14-27)26(31)29-15-21(33-20-8-4-3-5-9-20)13-19(29)12-18-16-32-23-11-7-6-10-22(18)23/h3-11,16-17,19,21,25H,12-15,27H2,1-2H3,(H,28,30)/t19-,21+,25+/m1/s1. The van der Waals surface area contributed by atoms with E-state index >= 15 is 0 Å². The molecule has 0 bridgehead atoms. The summed E-state index contributed by atoms with van der Waals surface area (Å²) >= 11 is 0. The second kappa shape index (κ2) is 10.1. The van der Waals surface area contributed by atoms with Gasteiger partial charge in [0.15, 0.2) is 0 Å². The third kappa shape index (κ3) is 5.20. The lowest BCUT2D eigenvalue weighted by molar-refractivity contribution is -0.138. The zero-order chi connectivity index (χ0) is 23.4. The van der Waals surface area contributed by atoms with E-state index in [0.29, 0.717) is 19.4 Å². The first-order valence-electron chi connectivity index (χ1n) is 11.4. The number of likely N-dealkylation sites (tertiary alicyclic amines) is 1. The van der Waals surface area contributed by atoms with Crippen LogP contribution in [-0.4, -0.2) is 48.0 Å². The fourth-order valence-corrected chi connectivity index (χ4v) is 4.48. The Hall–Kier alpha value is -3.32. The van der Waals surface area contributed by atoms with E-state index in [2.05, 4.69) is 5.32 Å². The van der Waals surface area contributed by atoms with Crippen molar-refractivity contribution in [3.05, 3.63) is 66.4 Å². The minimum atomic E-state index is -0.639. The Morgan fingerprint density at radius 1 is 1.15 bits per heavy atom. The Balaban J connectivity index is 1.58. The van der Waals surface area contributed by atoms with Gasteiger partial charge in [-0.2, -0.15) is 0 Å². The van der Waals surface area contributed by atoms with Crippen LogP contribution in [0.25, 0.3) is 11.0 Å². The first-order valence-corrected chi connectivity index (χ1v) is 11.4. The highest BCUT2D eigenvalue weighted by atomic mass is 16.5. The highest BCUT2D eigenvalue weighted by Crippen LogP contribution is 2.30. The largest absolute Gasteiger partial charge is 0.489 e. The number of rotatable bonds is 8. The Bertz CT molecular complexity index is 1100. The van der Waals surface area contributed by atoms with Crippen molar-refractivity contribution in [2.24, 2.45) is 11.7 Å². The SMILES string of the molecule is CC(C)[C@H](NC(=O)CN)C(=O)N1C[C@@H](Oc2ccccc2)C[C@H]1Cc1coc2ccccc12. The molecular weight excluding hydrogens is 418 g/mol. The lowest BCUT2D eigenvalue weighted by Gasteiger charge is -2.30. The van der Waals surface area contributed by atoms with Crippen molar-refractivity contribution in [1.82, 2.24) is 10.2 Å². The molecule has 1 fully saturated rings. The van der Waals surface area contributed by atoms with Crippen molar-refractivity contribution < 1.29 is 18.7 Å². The number of ether oxygens (including phenoxy) is 1. The van der Waals surface area contributed by atoms with E-state index in [0.717, 1.165) is 22.3 Å². The van der Waals surface area contributed by atoms with E-state index in [1.165, 1.54) is 0 Å². The maximum Gasteiger partial charge on any atom is 0.245 e. The summed E-state index contributed by atoms with van der Waals surface area (Å²) in [6.45, 7) is 4.15. The second-order valence-electron chi connectivity index (χ2n) is 8.89. The molecule has 0 aliphatic carbocycles. The number of furan rings is 1. The van der Waals surface area contributed by atoms with Crippen molar-refractivity contribution in [2.45, 2.75) is 44.9 Å². The molecular formula is C26H31N3O4. The zero-order valence-corrected chi connectivity index (χ0v) is 19.1. The molecule has 3 aromatic rings. The minimum absolute atomic E-state index is 0.0718. The topological polar surface area (TPSA) is 97.8 Å². The Morgan fingerprint density at radius 2 is 1.88 bits per heavy atom. The summed E-state index contributed by atoms with van der Waals surface area (Å²) in [7, 11) is 0. The molecule has 0 spiro atoms. The summed E-state index contributed by atoms with van der Waals surface area (Å²) in [4.78, 5) is 27.5. The van der Waals surface area contributed by atoms with Gasteiger partial charge in [-0.25, -0.2) is 0 Å². The van der Waals surface area contributed by atoms with Crippen LogP contribution in [0.3, 0.4) is 0 Å². The number of carbonyl (C=O) groups is 2. The molecule has 1 aliphatic rings. The molecule has 0 saturated carbocycles. The van der Waals surface area contributed by atoms with Gasteiger partial charge < -0.3 is 25.1 Å². The molecule has 0 radical (unpaired) electrons. The number of fused-ring (bicyclic) bond motifs is 1. The molecule has 33 heavy (non-hydrogen) atoms.